The first kappa shape index (κ1) is 16.5. The Kier molecular flexibility index (Phi) is 5.98. The van der Waals surface area contributed by atoms with Crippen molar-refractivity contribution in [2.45, 2.75) is 44.7 Å². The molecule has 1 amide bonds. The van der Waals surface area contributed by atoms with E-state index in [9.17, 15) is 15.0 Å². The molecule has 1 aromatic rings. The third-order valence-corrected chi connectivity index (χ3v) is 3.77. The van der Waals surface area contributed by atoms with Gasteiger partial charge in [0, 0.05) is 0 Å². The minimum atomic E-state index is -0.677. The summed E-state index contributed by atoms with van der Waals surface area (Å²) in [5, 5.41) is 21.5. The predicted octanol–water partition coefficient (Wildman–Crippen LogP) is 0.929. The maximum atomic E-state index is 12.1. The largest absolute Gasteiger partial charge is 0.508 e. The Morgan fingerprint density at radius 2 is 1.85 bits per heavy atom. The second-order valence-corrected chi connectivity index (χ2v) is 5.11. The van der Waals surface area contributed by atoms with Crippen molar-refractivity contribution in [3.63, 3.8) is 0 Å². The van der Waals surface area contributed by atoms with E-state index in [1.54, 1.807) is 24.3 Å². The van der Waals surface area contributed by atoms with Gasteiger partial charge in [0.05, 0.1) is 18.2 Å². The van der Waals surface area contributed by atoms with Crippen molar-refractivity contribution in [1.82, 2.24) is 5.32 Å². The summed E-state index contributed by atoms with van der Waals surface area (Å²) < 4.78 is 0. The number of benzene rings is 1. The Morgan fingerprint density at radius 3 is 2.30 bits per heavy atom. The highest BCUT2D eigenvalue weighted by Gasteiger charge is 2.29. The van der Waals surface area contributed by atoms with Gasteiger partial charge in [0.1, 0.15) is 5.75 Å². The number of nitrogens with one attached hydrogen (secondary N) is 1. The van der Waals surface area contributed by atoms with Gasteiger partial charge >= 0.3 is 0 Å². The Balaban J connectivity index is 2.65. The summed E-state index contributed by atoms with van der Waals surface area (Å²) in [4.78, 5) is 12.1. The van der Waals surface area contributed by atoms with Gasteiger partial charge in [-0.25, -0.2) is 0 Å². The summed E-state index contributed by atoms with van der Waals surface area (Å²) in [5.74, 6) is -0.0844. The van der Waals surface area contributed by atoms with Crippen LogP contribution in [0.25, 0.3) is 0 Å². The maximum absolute atomic E-state index is 12.1. The molecule has 0 saturated heterocycles. The third kappa shape index (κ3) is 4.21. The van der Waals surface area contributed by atoms with Crippen LogP contribution in [0, 0.1) is 0 Å². The molecular formula is C15H24N2O3. The number of hydrogen-bond acceptors (Lipinski definition) is 4. The lowest BCUT2D eigenvalue weighted by Crippen LogP contribution is -2.55. The number of hydrogen-bond donors (Lipinski definition) is 4. The first-order valence-electron chi connectivity index (χ1n) is 6.92. The SMILES string of the molecule is CCC(CC)(CO)NC(=O)[C@H](N)Cc1ccc(O)cc1. The fraction of sp³-hybridized carbons (Fsp3) is 0.533. The van der Waals surface area contributed by atoms with Gasteiger partial charge < -0.3 is 21.3 Å². The van der Waals surface area contributed by atoms with Crippen molar-refractivity contribution in [3.05, 3.63) is 29.8 Å². The standard InChI is InChI=1S/C15H24N2O3/c1-3-15(4-2,10-18)17-14(20)13(16)9-11-5-7-12(19)8-6-11/h5-8,13,18-19H,3-4,9-10,16H2,1-2H3,(H,17,20)/t13-/m1/s1. The molecule has 112 valence electrons. The molecule has 5 nitrogen and oxygen atoms in total. The molecule has 1 rings (SSSR count). The predicted molar refractivity (Wildman–Crippen MR) is 78.3 cm³/mol. The molecule has 0 aromatic heterocycles. The van der Waals surface area contributed by atoms with Crippen molar-refractivity contribution >= 4 is 5.91 Å². The summed E-state index contributed by atoms with van der Waals surface area (Å²) in [6.45, 7) is 3.74. The van der Waals surface area contributed by atoms with Crippen LogP contribution in [0.3, 0.4) is 0 Å². The smallest absolute Gasteiger partial charge is 0.237 e. The quantitative estimate of drug-likeness (QED) is 0.597. The van der Waals surface area contributed by atoms with Crippen LogP contribution in [0.15, 0.2) is 24.3 Å². The Bertz CT molecular complexity index is 419. The molecule has 0 radical (unpaired) electrons. The number of amides is 1. The summed E-state index contributed by atoms with van der Waals surface area (Å²) in [6.07, 6.45) is 1.69. The molecule has 0 bridgehead atoms. The number of phenols is 1. The Morgan fingerprint density at radius 1 is 1.30 bits per heavy atom. The van der Waals surface area contributed by atoms with Gasteiger partial charge in [-0.3, -0.25) is 4.79 Å². The van der Waals surface area contributed by atoms with Gasteiger partial charge in [-0.05, 0) is 37.0 Å². The van der Waals surface area contributed by atoms with Gasteiger partial charge in [-0.1, -0.05) is 26.0 Å². The zero-order valence-electron chi connectivity index (χ0n) is 12.1. The molecule has 0 aliphatic carbocycles. The van der Waals surface area contributed by atoms with Gasteiger partial charge in [-0.2, -0.15) is 0 Å². The van der Waals surface area contributed by atoms with E-state index in [0.717, 1.165) is 5.56 Å². The number of aliphatic hydroxyl groups is 1. The normalized spacial score (nSPS) is 13.0. The Hall–Kier alpha value is -1.59. The maximum Gasteiger partial charge on any atom is 0.237 e. The molecule has 0 fully saturated rings. The van der Waals surface area contributed by atoms with E-state index < -0.39 is 11.6 Å². The van der Waals surface area contributed by atoms with Crippen LogP contribution in [0.4, 0.5) is 0 Å². The minimum Gasteiger partial charge on any atom is -0.508 e. The van der Waals surface area contributed by atoms with Crippen LogP contribution in [-0.4, -0.2) is 34.3 Å². The number of aliphatic hydroxyl groups excluding tert-OH is 1. The minimum absolute atomic E-state index is 0.0995. The van der Waals surface area contributed by atoms with E-state index in [4.69, 9.17) is 5.73 Å². The second kappa shape index (κ2) is 7.26. The molecule has 1 aromatic carbocycles. The monoisotopic (exact) mass is 280 g/mol. The zero-order valence-corrected chi connectivity index (χ0v) is 12.1. The topological polar surface area (TPSA) is 95.6 Å². The highest BCUT2D eigenvalue weighted by Crippen LogP contribution is 2.15. The van der Waals surface area contributed by atoms with E-state index in [2.05, 4.69) is 5.32 Å². The van der Waals surface area contributed by atoms with Crippen LogP contribution < -0.4 is 11.1 Å². The molecule has 0 unspecified atom stereocenters. The van der Waals surface area contributed by atoms with E-state index in [1.807, 2.05) is 13.8 Å². The van der Waals surface area contributed by atoms with E-state index >= 15 is 0 Å². The van der Waals surface area contributed by atoms with Crippen molar-refractivity contribution in [2.75, 3.05) is 6.61 Å². The summed E-state index contributed by atoms with van der Waals surface area (Å²) in [7, 11) is 0. The zero-order chi connectivity index (χ0) is 15.2. The molecule has 5 N–H and O–H groups in total. The fourth-order valence-corrected chi connectivity index (χ4v) is 2.02. The molecule has 0 aliphatic heterocycles. The van der Waals surface area contributed by atoms with E-state index in [-0.39, 0.29) is 18.3 Å². The van der Waals surface area contributed by atoms with Gasteiger partial charge in [0.2, 0.25) is 5.91 Å². The fourth-order valence-electron chi connectivity index (χ4n) is 2.02. The van der Waals surface area contributed by atoms with Crippen LogP contribution >= 0.6 is 0 Å². The Labute approximate surface area is 119 Å². The molecule has 0 aliphatic rings. The number of aromatic hydroxyl groups is 1. The average molecular weight is 280 g/mol. The molecule has 0 heterocycles. The molecule has 0 spiro atoms. The van der Waals surface area contributed by atoms with Crippen LogP contribution in [0.1, 0.15) is 32.3 Å². The molecule has 1 atom stereocenters. The first-order valence-corrected chi connectivity index (χ1v) is 6.92. The second-order valence-electron chi connectivity index (χ2n) is 5.11. The average Bonchev–Trinajstić information content (AvgIpc) is 2.47. The van der Waals surface area contributed by atoms with Crippen LogP contribution in [0.2, 0.25) is 0 Å². The highest BCUT2D eigenvalue weighted by atomic mass is 16.3. The van der Waals surface area contributed by atoms with E-state index in [0.29, 0.717) is 19.3 Å². The van der Waals surface area contributed by atoms with Crippen molar-refractivity contribution in [3.8, 4) is 5.75 Å². The van der Waals surface area contributed by atoms with Gasteiger partial charge in [0.15, 0.2) is 0 Å². The summed E-state index contributed by atoms with van der Waals surface area (Å²) in [6, 6.07) is 5.93. The lowest BCUT2D eigenvalue weighted by atomic mass is 9.93. The highest BCUT2D eigenvalue weighted by molar-refractivity contribution is 5.82. The summed E-state index contributed by atoms with van der Waals surface area (Å²) in [5.41, 5.74) is 6.19. The lowest BCUT2D eigenvalue weighted by Gasteiger charge is -2.32. The van der Waals surface area contributed by atoms with Gasteiger partial charge in [0.25, 0.3) is 0 Å². The number of carbonyl (C=O) groups is 1. The van der Waals surface area contributed by atoms with Crippen molar-refractivity contribution in [2.24, 2.45) is 5.73 Å². The number of carbonyl (C=O) groups excluding carboxylic acids is 1. The third-order valence-electron chi connectivity index (χ3n) is 3.77. The molecule has 5 heteroatoms. The lowest BCUT2D eigenvalue weighted by molar-refractivity contribution is -0.125. The molecule has 0 saturated carbocycles. The molecule has 20 heavy (non-hydrogen) atoms. The van der Waals surface area contributed by atoms with Crippen molar-refractivity contribution < 1.29 is 15.0 Å². The van der Waals surface area contributed by atoms with Crippen LogP contribution in [-0.2, 0) is 11.2 Å². The number of rotatable bonds is 7. The van der Waals surface area contributed by atoms with Gasteiger partial charge in [-0.15, -0.1) is 0 Å². The first-order chi connectivity index (χ1) is 9.46. The summed E-state index contributed by atoms with van der Waals surface area (Å²) >= 11 is 0. The van der Waals surface area contributed by atoms with Crippen LogP contribution in [0.5, 0.6) is 5.75 Å². The number of nitrogens with two attached hydrogens (primary N) is 1. The molecular weight excluding hydrogens is 256 g/mol. The van der Waals surface area contributed by atoms with E-state index in [1.165, 1.54) is 0 Å². The van der Waals surface area contributed by atoms with Crippen molar-refractivity contribution in [1.29, 1.82) is 0 Å². The number of phenolic OH excluding ortho intramolecular Hbond substituents is 1.